The molecule has 0 saturated carbocycles. The number of carbonyl (C=O) groups is 1. The second-order valence-corrected chi connectivity index (χ2v) is 6.94. The second kappa shape index (κ2) is 7.68. The molecule has 7 nitrogen and oxygen atoms in total. The lowest BCUT2D eigenvalue weighted by Crippen LogP contribution is -3.14. The lowest BCUT2D eigenvalue weighted by Gasteiger charge is -2.23. The van der Waals surface area contributed by atoms with Crippen LogP contribution in [0.2, 0.25) is 0 Å². The van der Waals surface area contributed by atoms with Crippen LogP contribution in [0, 0.1) is 0 Å². The molecule has 1 aromatic rings. The van der Waals surface area contributed by atoms with Crippen molar-refractivity contribution in [3.05, 3.63) is 29.8 Å². The molecule has 1 aromatic carbocycles. The number of ether oxygens (including phenoxy) is 1. The molecule has 0 bridgehead atoms. The number of sulfonamides is 1. The van der Waals surface area contributed by atoms with E-state index in [1.54, 1.807) is 0 Å². The summed E-state index contributed by atoms with van der Waals surface area (Å²) < 4.78 is 31.9. The fraction of sp³-hybridized carbons (Fsp3) is 0.500. The Morgan fingerprint density at radius 1 is 1.23 bits per heavy atom. The van der Waals surface area contributed by atoms with E-state index < -0.39 is 16.0 Å². The summed E-state index contributed by atoms with van der Waals surface area (Å²) in [5.41, 5.74) is -0.0464. The molecule has 1 heterocycles. The highest BCUT2D eigenvalue weighted by Gasteiger charge is 2.15. The number of carboxylic acids is 1. The van der Waals surface area contributed by atoms with Crippen molar-refractivity contribution in [1.29, 1.82) is 0 Å². The molecule has 0 radical (unpaired) electrons. The van der Waals surface area contributed by atoms with Crippen LogP contribution >= 0.6 is 0 Å². The fourth-order valence-corrected chi connectivity index (χ4v) is 3.38. The van der Waals surface area contributed by atoms with Crippen LogP contribution in [-0.4, -0.2) is 53.8 Å². The number of aromatic carboxylic acids is 1. The monoisotopic (exact) mass is 328 g/mol. The maximum Gasteiger partial charge on any atom is 0.240 e. The van der Waals surface area contributed by atoms with E-state index in [4.69, 9.17) is 4.74 Å². The molecule has 8 heteroatoms. The van der Waals surface area contributed by atoms with E-state index in [2.05, 4.69) is 4.72 Å². The summed E-state index contributed by atoms with van der Waals surface area (Å²) in [7, 11) is -3.60. The zero-order valence-electron chi connectivity index (χ0n) is 12.2. The summed E-state index contributed by atoms with van der Waals surface area (Å²) in [4.78, 5) is 12.1. The van der Waals surface area contributed by atoms with Gasteiger partial charge in [-0.15, -0.1) is 0 Å². The van der Waals surface area contributed by atoms with Gasteiger partial charge in [0.2, 0.25) is 10.0 Å². The molecule has 122 valence electrons. The highest BCUT2D eigenvalue weighted by atomic mass is 32.2. The summed E-state index contributed by atoms with van der Waals surface area (Å²) >= 11 is 0. The SMILES string of the molecule is O=C([O-])c1ccc(S(=O)(=O)NCCC[NH+]2CCOCC2)cc1. The fourth-order valence-electron chi connectivity index (χ4n) is 2.31. The zero-order valence-corrected chi connectivity index (χ0v) is 13.0. The molecule has 2 rings (SSSR count). The molecule has 0 amide bonds. The summed E-state index contributed by atoms with van der Waals surface area (Å²) in [5, 5.41) is 10.6. The Morgan fingerprint density at radius 3 is 2.45 bits per heavy atom. The lowest BCUT2D eigenvalue weighted by molar-refractivity contribution is -0.908. The van der Waals surface area contributed by atoms with E-state index in [0.29, 0.717) is 6.54 Å². The molecule has 1 saturated heterocycles. The third-order valence-corrected chi connectivity index (χ3v) is 5.08. The van der Waals surface area contributed by atoms with Crippen molar-refractivity contribution in [2.45, 2.75) is 11.3 Å². The Hall–Kier alpha value is -1.48. The van der Waals surface area contributed by atoms with Gasteiger partial charge in [0.15, 0.2) is 0 Å². The van der Waals surface area contributed by atoms with Gasteiger partial charge >= 0.3 is 0 Å². The van der Waals surface area contributed by atoms with Crippen molar-refractivity contribution >= 4 is 16.0 Å². The first-order chi connectivity index (χ1) is 10.5. The zero-order chi connectivity index (χ0) is 16.0. The van der Waals surface area contributed by atoms with Gasteiger partial charge in [-0.2, -0.15) is 0 Å². The van der Waals surface area contributed by atoms with E-state index in [-0.39, 0.29) is 10.5 Å². The number of rotatable bonds is 7. The maximum absolute atomic E-state index is 12.1. The van der Waals surface area contributed by atoms with E-state index >= 15 is 0 Å². The molecular formula is C14H20N2O5S. The molecule has 1 aliphatic heterocycles. The summed E-state index contributed by atoms with van der Waals surface area (Å²) in [6.07, 6.45) is 0.742. The van der Waals surface area contributed by atoms with E-state index in [9.17, 15) is 18.3 Å². The van der Waals surface area contributed by atoms with Crippen LogP contribution in [0.5, 0.6) is 0 Å². The quantitative estimate of drug-likeness (QED) is 0.545. The highest BCUT2D eigenvalue weighted by molar-refractivity contribution is 7.89. The minimum absolute atomic E-state index is 0.0464. The molecule has 1 aliphatic rings. The van der Waals surface area contributed by atoms with Gasteiger partial charge in [-0.05, 0) is 17.7 Å². The summed E-state index contributed by atoms with van der Waals surface area (Å²) in [6, 6.07) is 4.98. The first kappa shape index (κ1) is 16.9. The van der Waals surface area contributed by atoms with Crippen molar-refractivity contribution in [2.75, 3.05) is 39.4 Å². The topological polar surface area (TPSA) is 100.0 Å². The van der Waals surface area contributed by atoms with E-state index in [0.717, 1.165) is 39.3 Å². The molecule has 0 spiro atoms. The predicted octanol–water partition coefficient (Wildman–Crippen LogP) is -2.37. The minimum Gasteiger partial charge on any atom is -0.545 e. The Bertz CT molecular complexity index is 594. The third kappa shape index (κ3) is 4.77. The van der Waals surface area contributed by atoms with Crippen molar-refractivity contribution < 1.29 is 28.0 Å². The number of benzene rings is 1. The van der Waals surface area contributed by atoms with Crippen LogP contribution < -0.4 is 14.7 Å². The standard InChI is InChI=1S/C14H20N2O5S/c17-14(18)12-2-4-13(5-3-12)22(19,20)15-6-1-7-16-8-10-21-11-9-16/h2-5,15H,1,6-11H2,(H,17,18). The van der Waals surface area contributed by atoms with E-state index in [1.165, 1.54) is 29.2 Å². The molecular weight excluding hydrogens is 308 g/mol. The van der Waals surface area contributed by atoms with Gasteiger partial charge in [0.25, 0.3) is 0 Å². The maximum atomic E-state index is 12.1. The average Bonchev–Trinajstić information content (AvgIpc) is 2.53. The van der Waals surface area contributed by atoms with Crippen LogP contribution in [0.1, 0.15) is 16.8 Å². The van der Waals surface area contributed by atoms with Crippen molar-refractivity contribution in [2.24, 2.45) is 0 Å². The smallest absolute Gasteiger partial charge is 0.240 e. The number of morpholine rings is 1. The molecule has 2 N–H and O–H groups in total. The highest BCUT2D eigenvalue weighted by Crippen LogP contribution is 2.09. The Labute approximate surface area is 129 Å². The molecule has 0 unspecified atom stereocenters. The molecule has 1 fully saturated rings. The van der Waals surface area contributed by atoms with Gasteiger partial charge in [-0.25, -0.2) is 13.1 Å². The van der Waals surface area contributed by atoms with Crippen LogP contribution in [0.15, 0.2) is 29.2 Å². The van der Waals surface area contributed by atoms with Gasteiger partial charge in [0.1, 0.15) is 13.1 Å². The number of carbonyl (C=O) groups excluding carboxylic acids is 1. The second-order valence-electron chi connectivity index (χ2n) is 5.18. The van der Waals surface area contributed by atoms with Crippen molar-refractivity contribution in [3.63, 3.8) is 0 Å². The third-order valence-electron chi connectivity index (χ3n) is 3.60. The number of carboxylic acid groups (broad SMARTS) is 1. The number of hydrogen-bond donors (Lipinski definition) is 2. The van der Waals surface area contributed by atoms with Gasteiger partial charge in [0, 0.05) is 13.0 Å². The minimum atomic E-state index is -3.60. The van der Waals surface area contributed by atoms with Gasteiger partial charge < -0.3 is 19.5 Å². The Kier molecular flexibility index (Phi) is 5.90. The predicted molar refractivity (Wildman–Crippen MR) is 77.0 cm³/mol. The van der Waals surface area contributed by atoms with Crippen molar-refractivity contribution in [1.82, 2.24) is 4.72 Å². The molecule has 0 atom stereocenters. The summed E-state index contributed by atoms with van der Waals surface area (Å²) in [5.74, 6) is -1.33. The number of quaternary nitrogens is 1. The normalized spacial score (nSPS) is 16.5. The molecule has 0 aromatic heterocycles. The van der Waals surface area contributed by atoms with E-state index in [1.807, 2.05) is 0 Å². The first-order valence-electron chi connectivity index (χ1n) is 7.21. The Morgan fingerprint density at radius 2 is 1.86 bits per heavy atom. The molecule has 0 aliphatic carbocycles. The van der Waals surface area contributed by atoms with Crippen LogP contribution in [0.3, 0.4) is 0 Å². The average molecular weight is 328 g/mol. The van der Waals surface area contributed by atoms with Crippen LogP contribution in [0.4, 0.5) is 0 Å². The van der Waals surface area contributed by atoms with Gasteiger partial charge in [0.05, 0.1) is 30.6 Å². The first-order valence-corrected chi connectivity index (χ1v) is 8.70. The van der Waals surface area contributed by atoms with Crippen LogP contribution in [0.25, 0.3) is 0 Å². The lowest BCUT2D eigenvalue weighted by atomic mass is 10.2. The molecule has 22 heavy (non-hydrogen) atoms. The van der Waals surface area contributed by atoms with Gasteiger partial charge in [-0.3, -0.25) is 0 Å². The Balaban J connectivity index is 1.81. The number of hydrogen-bond acceptors (Lipinski definition) is 5. The number of nitrogens with one attached hydrogen (secondary N) is 2. The van der Waals surface area contributed by atoms with Gasteiger partial charge in [-0.1, -0.05) is 12.1 Å². The largest absolute Gasteiger partial charge is 0.545 e. The summed E-state index contributed by atoms with van der Waals surface area (Å²) in [6.45, 7) is 4.68. The van der Waals surface area contributed by atoms with Crippen LogP contribution in [-0.2, 0) is 14.8 Å². The van der Waals surface area contributed by atoms with Crippen molar-refractivity contribution in [3.8, 4) is 0 Å².